The quantitative estimate of drug-likeness (QED) is 0.813. The maximum Gasteiger partial charge on any atom is 0.311 e. The minimum Gasteiger partial charge on any atom is -0.481 e. The second kappa shape index (κ2) is 6.87. The standard InChI is InChI=1S/C16H25N3O2/c1-12(2)13-9-14(19-11-18-13)17-10-16(15(20)21)7-5-3-4-6-8-16/h9,11-12H,3-8,10H2,1-2H3,(H,20,21)(H,17,18,19). The van der Waals surface area contributed by atoms with Gasteiger partial charge in [-0.25, -0.2) is 9.97 Å². The van der Waals surface area contributed by atoms with Gasteiger partial charge in [-0.05, 0) is 18.8 Å². The van der Waals surface area contributed by atoms with Crippen molar-refractivity contribution in [3.05, 3.63) is 18.1 Å². The first-order valence-electron chi connectivity index (χ1n) is 7.83. The van der Waals surface area contributed by atoms with E-state index in [1.54, 1.807) is 0 Å². The van der Waals surface area contributed by atoms with E-state index in [9.17, 15) is 9.90 Å². The number of carbonyl (C=O) groups is 1. The molecule has 0 atom stereocenters. The monoisotopic (exact) mass is 291 g/mol. The summed E-state index contributed by atoms with van der Waals surface area (Å²) in [5.41, 5.74) is 0.317. The molecule has 0 radical (unpaired) electrons. The number of nitrogens with zero attached hydrogens (tertiary/aromatic N) is 2. The van der Waals surface area contributed by atoms with Gasteiger partial charge in [0, 0.05) is 18.3 Å². The van der Waals surface area contributed by atoms with Crippen LogP contribution in [0.2, 0.25) is 0 Å². The van der Waals surface area contributed by atoms with E-state index >= 15 is 0 Å². The zero-order chi connectivity index (χ0) is 15.3. The summed E-state index contributed by atoms with van der Waals surface area (Å²) >= 11 is 0. The number of hydrogen-bond acceptors (Lipinski definition) is 4. The zero-order valence-electron chi connectivity index (χ0n) is 12.9. The normalized spacial score (nSPS) is 18.2. The summed E-state index contributed by atoms with van der Waals surface area (Å²) in [7, 11) is 0. The first-order chi connectivity index (χ1) is 10.0. The molecule has 1 aliphatic rings. The molecule has 1 aromatic rings. The molecule has 0 saturated heterocycles. The molecule has 0 aliphatic heterocycles. The van der Waals surface area contributed by atoms with E-state index in [2.05, 4.69) is 29.1 Å². The maximum atomic E-state index is 11.8. The number of anilines is 1. The molecule has 5 nitrogen and oxygen atoms in total. The third-order valence-corrected chi connectivity index (χ3v) is 4.40. The lowest BCUT2D eigenvalue weighted by atomic mass is 9.80. The molecule has 1 aromatic heterocycles. The summed E-state index contributed by atoms with van der Waals surface area (Å²) in [5.74, 6) is 0.369. The van der Waals surface area contributed by atoms with Gasteiger partial charge in [-0.15, -0.1) is 0 Å². The van der Waals surface area contributed by atoms with Crippen molar-refractivity contribution in [1.82, 2.24) is 9.97 Å². The first kappa shape index (κ1) is 15.7. The van der Waals surface area contributed by atoms with E-state index in [0.717, 1.165) is 50.0 Å². The van der Waals surface area contributed by atoms with Crippen molar-refractivity contribution in [3.8, 4) is 0 Å². The van der Waals surface area contributed by atoms with Gasteiger partial charge in [0.05, 0.1) is 5.41 Å². The average molecular weight is 291 g/mol. The Morgan fingerprint density at radius 3 is 2.52 bits per heavy atom. The van der Waals surface area contributed by atoms with E-state index in [1.165, 1.54) is 6.33 Å². The Kier molecular flexibility index (Phi) is 5.15. The summed E-state index contributed by atoms with van der Waals surface area (Å²) in [5, 5.41) is 12.9. The van der Waals surface area contributed by atoms with Crippen LogP contribution in [0.3, 0.4) is 0 Å². The topological polar surface area (TPSA) is 75.1 Å². The molecule has 2 N–H and O–H groups in total. The van der Waals surface area contributed by atoms with Crippen LogP contribution in [0.5, 0.6) is 0 Å². The SMILES string of the molecule is CC(C)c1cc(NCC2(C(=O)O)CCCCCC2)ncn1. The molecule has 2 rings (SSSR count). The number of aliphatic carboxylic acids is 1. The van der Waals surface area contributed by atoms with Gasteiger partial charge >= 0.3 is 5.97 Å². The van der Waals surface area contributed by atoms with Crippen molar-refractivity contribution in [2.45, 2.75) is 58.3 Å². The van der Waals surface area contributed by atoms with Crippen molar-refractivity contribution >= 4 is 11.8 Å². The van der Waals surface area contributed by atoms with Crippen molar-refractivity contribution < 1.29 is 9.90 Å². The third-order valence-electron chi connectivity index (χ3n) is 4.40. The Morgan fingerprint density at radius 2 is 1.95 bits per heavy atom. The van der Waals surface area contributed by atoms with Crippen LogP contribution in [0.1, 0.15) is 64.0 Å². The highest BCUT2D eigenvalue weighted by atomic mass is 16.4. The summed E-state index contributed by atoms with van der Waals surface area (Å²) in [6.45, 7) is 4.60. The first-order valence-corrected chi connectivity index (χ1v) is 7.83. The fourth-order valence-corrected chi connectivity index (χ4v) is 2.92. The second-order valence-corrected chi connectivity index (χ2v) is 6.34. The van der Waals surface area contributed by atoms with E-state index in [1.807, 2.05) is 6.07 Å². The molecule has 116 valence electrons. The number of carboxylic acid groups (broad SMARTS) is 1. The second-order valence-electron chi connectivity index (χ2n) is 6.34. The largest absolute Gasteiger partial charge is 0.481 e. The van der Waals surface area contributed by atoms with Gasteiger partial charge in [0.15, 0.2) is 0 Å². The van der Waals surface area contributed by atoms with E-state index in [4.69, 9.17) is 0 Å². The molecule has 1 heterocycles. The van der Waals surface area contributed by atoms with Gasteiger partial charge < -0.3 is 10.4 Å². The highest BCUT2D eigenvalue weighted by Crippen LogP contribution is 2.35. The Labute approximate surface area is 126 Å². The Balaban J connectivity index is 2.08. The van der Waals surface area contributed by atoms with E-state index < -0.39 is 11.4 Å². The van der Waals surface area contributed by atoms with Crippen LogP contribution in [0.25, 0.3) is 0 Å². The molecule has 1 saturated carbocycles. The number of nitrogens with one attached hydrogen (secondary N) is 1. The highest BCUT2D eigenvalue weighted by Gasteiger charge is 2.38. The van der Waals surface area contributed by atoms with Crippen LogP contribution in [-0.4, -0.2) is 27.6 Å². The van der Waals surface area contributed by atoms with Crippen molar-refractivity contribution in [2.24, 2.45) is 5.41 Å². The average Bonchev–Trinajstić information content (AvgIpc) is 2.72. The molecular weight excluding hydrogens is 266 g/mol. The van der Waals surface area contributed by atoms with Crippen molar-refractivity contribution in [3.63, 3.8) is 0 Å². The van der Waals surface area contributed by atoms with Crippen LogP contribution in [0.4, 0.5) is 5.82 Å². The molecule has 1 aliphatic carbocycles. The number of hydrogen-bond donors (Lipinski definition) is 2. The molecule has 0 unspecified atom stereocenters. The maximum absolute atomic E-state index is 11.8. The lowest BCUT2D eigenvalue weighted by Gasteiger charge is -2.28. The molecule has 0 amide bonds. The van der Waals surface area contributed by atoms with Gasteiger partial charge in [0.1, 0.15) is 12.1 Å². The molecule has 5 heteroatoms. The lowest BCUT2D eigenvalue weighted by molar-refractivity contribution is -0.149. The summed E-state index contributed by atoms with van der Waals surface area (Å²) in [6, 6.07) is 1.91. The Morgan fingerprint density at radius 1 is 1.29 bits per heavy atom. The molecule has 0 spiro atoms. The van der Waals surface area contributed by atoms with Gasteiger partial charge in [-0.3, -0.25) is 4.79 Å². The number of rotatable bonds is 5. The predicted octanol–water partition coefficient (Wildman–Crippen LogP) is 3.44. The minimum atomic E-state index is -0.685. The van der Waals surface area contributed by atoms with Crippen LogP contribution in [-0.2, 0) is 4.79 Å². The minimum absolute atomic E-state index is 0.333. The molecule has 1 fully saturated rings. The third kappa shape index (κ3) is 3.93. The molecule has 21 heavy (non-hydrogen) atoms. The molecule has 0 aromatic carbocycles. The fraction of sp³-hybridized carbons (Fsp3) is 0.688. The summed E-state index contributed by atoms with van der Waals surface area (Å²) < 4.78 is 0. The fourth-order valence-electron chi connectivity index (χ4n) is 2.92. The van der Waals surface area contributed by atoms with Gasteiger partial charge in [0.2, 0.25) is 0 Å². The predicted molar refractivity (Wildman–Crippen MR) is 82.4 cm³/mol. The zero-order valence-corrected chi connectivity index (χ0v) is 12.9. The van der Waals surface area contributed by atoms with E-state index in [-0.39, 0.29) is 0 Å². The van der Waals surface area contributed by atoms with Gasteiger partial charge in [-0.1, -0.05) is 39.5 Å². The van der Waals surface area contributed by atoms with E-state index in [0.29, 0.717) is 12.5 Å². The number of carboxylic acids is 1. The Hall–Kier alpha value is -1.65. The molecular formula is C16H25N3O2. The number of aromatic nitrogens is 2. The Bertz CT molecular complexity index is 480. The summed E-state index contributed by atoms with van der Waals surface area (Å²) in [4.78, 5) is 20.2. The van der Waals surface area contributed by atoms with Crippen molar-refractivity contribution in [2.75, 3.05) is 11.9 Å². The van der Waals surface area contributed by atoms with Gasteiger partial charge in [0.25, 0.3) is 0 Å². The smallest absolute Gasteiger partial charge is 0.311 e. The van der Waals surface area contributed by atoms with Crippen molar-refractivity contribution in [1.29, 1.82) is 0 Å². The van der Waals surface area contributed by atoms with Gasteiger partial charge in [-0.2, -0.15) is 0 Å². The highest BCUT2D eigenvalue weighted by molar-refractivity contribution is 5.75. The van der Waals surface area contributed by atoms with Crippen LogP contribution in [0.15, 0.2) is 12.4 Å². The van der Waals surface area contributed by atoms with Crippen LogP contribution >= 0.6 is 0 Å². The van der Waals surface area contributed by atoms with Crippen LogP contribution < -0.4 is 5.32 Å². The lowest BCUT2D eigenvalue weighted by Crippen LogP contribution is -2.37. The summed E-state index contributed by atoms with van der Waals surface area (Å²) in [6.07, 6.45) is 7.30. The molecule has 0 bridgehead atoms. The van der Waals surface area contributed by atoms with Crippen LogP contribution in [0, 0.1) is 5.41 Å².